The SMILES string of the molecule is Cc1cc(C(C)(C)C)cc(C)c1CNS(C)(=O)=O. The quantitative estimate of drug-likeness (QED) is 0.917. The van der Waals surface area contributed by atoms with Crippen LogP contribution in [0.2, 0.25) is 0 Å². The van der Waals surface area contributed by atoms with E-state index in [1.165, 1.54) is 11.8 Å². The molecule has 0 radical (unpaired) electrons. The fraction of sp³-hybridized carbons (Fsp3) is 0.571. The minimum atomic E-state index is -3.14. The molecule has 1 N–H and O–H groups in total. The summed E-state index contributed by atoms with van der Waals surface area (Å²) in [4.78, 5) is 0. The molecule has 0 aliphatic rings. The van der Waals surface area contributed by atoms with Crippen molar-refractivity contribution in [3.63, 3.8) is 0 Å². The second-order valence-corrected chi connectivity index (χ2v) is 7.76. The molecule has 0 atom stereocenters. The highest BCUT2D eigenvalue weighted by Gasteiger charge is 2.16. The van der Waals surface area contributed by atoms with Gasteiger partial charge >= 0.3 is 0 Å². The maximum atomic E-state index is 11.1. The average Bonchev–Trinajstić information content (AvgIpc) is 2.12. The van der Waals surface area contributed by atoms with Gasteiger partial charge in [0.25, 0.3) is 0 Å². The van der Waals surface area contributed by atoms with Crippen molar-refractivity contribution in [1.29, 1.82) is 0 Å². The van der Waals surface area contributed by atoms with Gasteiger partial charge < -0.3 is 0 Å². The summed E-state index contributed by atoms with van der Waals surface area (Å²) in [5.41, 5.74) is 4.72. The lowest BCUT2D eigenvalue weighted by Crippen LogP contribution is -2.22. The largest absolute Gasteiger partial charge is 0.213 e. The lowest BCUT2D eigenvalue weighted by molar-refractivity contribution is 0.584. The second-order valence-electron chi connectivity index (χ2n) is 5.93. The fourth-order valence-electron chi connectivity index (χ4n) is 1.91. The van der Waals surface area contributed by atoms with E-state index in [4.69, 9.17) is 0 Å². The molecule has 0 heterocycles. The highest BCUT2D eigenvalue weighted by molar-refractivity contribution is 7.88. The van der Waals surface area contributed by atoms with E-state index in [-0.39, 0.29) is 5.41 Å². The maximum Gasteiger partial charge on any atom is 0.209 e. The van der Waals surface area contributed by atoms with E-state index in [1.54, 1.807) is 0 Å². The van der Waals surface area contributed by atoms with Crippen molar-refractivity contribution in [2.45, 2.75) is 46.6 Å². The van der Waals surface area contributed by atoms with Gasteiger partial charge in [-0.05, 0) is 41.5 Å². The Morgan fingerprint density at radius 1 is 1.11 bits per heavy atom. The summed E-state index contributed by atoms with van der Waals surface area (Å²) in [5.74, 6) is 0. The molecule has 1 rings (SSSR count). The minimum absolute atomic E-state index is 0.109. The third kappa shape index (κ3) is 4.10. The molecular weight excluding hydrogens is 246 g/mol. The van der Waals surface area contributed by atoms with Gasteiger partial charge in [-0.25, -0.2) is 13.1 Å². The van der Waals surface area contributed by atoms with Gasteiger partial charge in [-0.2, -0.15) is 0 Å². The zero-order chi connectivity index (χ0) is 14.1. The van der Waals surface area contributed by atoms with Gasteiger partial charge in [0.1, 0.15) is 0 Å². The maximum absolute atomic E-state index is 11.1. The van der Waals surface area contributed by atoms with Crippen LogP contribution in [0.4, 0.5) is 0 Å². The van der Waals surface area contributed by atoms with Crippen molar-refractivity contribution >= 4 is 10.0 Å². The first-order valence-corrected chi connectivity index (χ1v) is 7.95. The normalized spacial score (nSPS) is 12.8. The summed E-state index contributed by atoms with van der Waals surface area (Å²) in [7, 11) is -3.14. The van der Waals surface area contributed by atoms with Crippen LogP contribution in [0.1, 0.15) is 43.0 Å². The first kappa shape index (κ1) is 15.2. The van der Waals surface area contributed by atoms with E-state index in [0.29, 0.717) is 6.54 Å². The van der Waals surface area contributed by atoms with E-state index in [9.17, 15) is 8.42 Å². The van der Waals surface area contributed by atoms with Crippen molar-refractivity contribution in [3.05, 3.63) is 34.4 Å². The average molecular weight is 269 g/mol. The van der Waals surface area contributed by atoms with Crippen molar-refractivity contribution in [1.82, 2.24) is 4.72 Å². The first-order valence-electron chi connectivity index (χ1n) is 6.06. The van der Waals surface area contributed by atoms with Crippen LogP contribution < -0.4 is 4.72 Å². The molecule has 102 valence electrons. The van der Waals surface area contributed by atoms with E-state index >= 15 is 0 Å². The lowest BCUT2D eigenvalue weighted by atomic mass is 9.84. The number of aryl methyl sites for hydroxylation is 2. The molecule has 4 heteroatoms. The summed E-state index contributed by atoms with van der Waals surface area (Å²) in [6.07, 6.45) is 1.18. The number of sulfonamides is 1. The number of rotatable bonds is 3. The predicted molar refractivity (Wildman–Crippen MR) is 76.3 cm³/mol. The topological polar surface area (TPSA) is 46.2 Å². The summed E-state index contributed by atoms with van der Waals surface area (Å²) in [5, 5.41) is 0. The van der Waals surface area contributed by atoms with Gasteiger partial charge in [-0.3, -0.25) is 0 Å². The molecule has 0 amide bonds. The zero-order valence-corrected chi connectivity index (χ0v) is 12.9. The van der Waals surface area contributed by atoms with Gasteiger partial charge in [0.15, 0.2) is 0 Å². The molecule has 3 nitrogen and oxygen atoms in total. The van der Waals surface area contributed by atoms with Crippen LogP contribution in [0, 0.1) is 13.8 Å². The summed E-state index contributed by atoms with van der Waals surface area (Å²) in [6.45, 7) is 10.9. The molecule has 0 aromatic heterocycles. The number of benzene rings is 1. The molecule has 0 saturated heterocycles. The van der Waals surface area contributed by atoms with Crippen LogP contribution >= 0.6 is 0 Å². The van der Waals surface area contributed by atoms with Crippen LogP contribution in [0.5, 0.6) is 0 Å². The third-order valence-electron chi connectivity index (χ3n) is 3.07. The number of hydrogen-bond donors (Lipinski definition) is 1. The monoisotopic (exact) mass is 269 g/mol. The zero-order valence-electron chi connectivity index (χ0n) is 12.1. The van der Waals surface area contributed by atoms with Crippen LogP contribution in [-0.2, 0) is 22.0 Å². The van der Waals surface area contributed by atoms with Crippen molar-refractivity contribution in [2.75, 3.05) is 6.26 Å². The predicted octanol–water partition coefficient (Wildman–Crippen LogP) is 2.65. The van der Waals surface area contributed by atoms with Crippen molar-refractivity contribution < 1.29 is 8.42 Å². The first-order chi connectivity index (χ1) is 8.00. The lowest BCUT2D eigenvalue weighted by Gasteiger charge is -2.22. The standard InChI is InChI=1S/C14H23NO2S/c1-10-7-12(14(3,4)5)8-11(2)13(10)9-15-18(6,16)17/h7-8,15H,9H2,1-6H3. The van der Waals surface area contributed by atoms with Crippen molar-refractivity contribution in [3.8, 4) is 0 Å². The fourth-order valence-corrected chi connectivity index (χ4v) is 2.32. The van der Waals surface area contributed by atoms with E-state index in [2.05, 4.69) is 37.6 Å². The van der Waals surface area contributed by atoms with Gasteiger partial charge in [-0.1, -0.05) is 32.9 Å². The Morgan fingerprint density at radius 2 is 1.56 bits per heavy atom. The van der Waals surface area contributed by atoms with Gasteiger partial charge in [0.2, 0.25) is 10.0 Å². The summed E-state index contributed by atoms with van der Waals surface area (Å²) >= 11 is 0. The van der Waals surface area contributed by atoms with Crippen LogP contribution in [0.25, 0.3) is 0 Å². The Labute approximate surface area is 111 Å². The molecule has 0 saturated carbocycles. The highest BCUT2D eigenvalue weighted by atomic mass is 32.2. The van der Waals surface area contributed by atoms with Crippen molar-refractivity contribution in [2.24, 2.45) is 0 Å². The number of nitrogens with one attached hydrogen (secondary N) is 1. The van der Waals surface area contributed by atoms with E-state index < -0.39 is 10.0 Å². The molecule has 18 heavy (non-hydrogen) atoms. The Hall–Kier alpha value is -0.870. The van der Waals surface area contributed by atoms with Gasteiger partial charge in [0, 0.05) is 6.54 Å². The Morgan fingerprint density at radius 3 is 1.89 bits per heavy atom. The Bertz CT molecular complexity index is 516. The summed E-state index contributed by atoms with van der Waals surface area (Å²) < 4.78 is 24.8. The molecule has 0 aliphatic carbocycles. The second kappa shape index (κ2) is 5.02. The van der Waals surface area contributed by atoms with Gasteiger partial charge in [-0.15, -0.1) is 0 Å². The molecule has 0 spiro atoms. The number of hydrogen-bond acceptors (Lipinski definition) is 2. The Balaban J connectivity index is 3.10. The smallest absolute Gasteiger partial charge is 0.209 e. The molecule has 0 fully saturated rings. The molecular formula is C14H23NO2S. The molecule has 0 unspecified atom stereocenters. The van der Waals surface area contributed by atoms with Crippen LogP contribution in [0.15, 0.2) is 12.1 Å². The summed E-state index contributed by atoms with van der Waals surface area (Å²) in [6, 6.07) is 4.29. The molecule has 1 aromatic carbocycles. The van der Waals surface area contributed by atoms with Gasteiger partial charge in [0.05, 0.1) is 6.26 Å². The van der Waals surface area contributed by atoms with Crippen LogP contribution in [0.3, 0.4) is 0 Å². The van der Waals surface area contributed by atoms with E-state index in [1.807, 2.05) is 13.8 Å². The van der Waals surface area contributed by atoms with Crippen LogP contribution in [-0.4, -0.2) is 14.7 Å². The highest BCUT2D eigenvalue weighted by Crippen LogP contribution is 2.26. The van der Waals surface area contributed by atoms with E-state index in [0.717, 1.165) is 16.7 Å². The third-order valence-corrected chi connectivity index (χ3v) is 3.74. The molecule has 0 aliphatic heterocycles. The molecule has 1 aromatic rings. The molecule has 0 bridgehead atoms. The minimum Gasteiger partial charge on any atom is -0.213 e. The Kier molecular flexibility index (Phi) is 4.23.